The van der Waals surface area contributed by atoms with Crippen LogP contribution < -0.4 is 34.7 Å². The van der Waals surface area contributed by atoms with Gasteiger partial charge in [0.15, 0.2) is 0 Å². The molecule has 278 valence electrons. The maximum absolute atomic E-state index is 12.4. The van der Waals surface area contributed by atoms with Crippen LogP contribution in [0.1, 0.15) is 33.6 Å². The van der Waals surface area contributed by atoms with Gasteiger partial charge in [-0.2, -0.15) is 0 Å². The maximum Gasteiger partial charge on any atom is 0.573 e. The first kappa shape index (κ1) is 38.9. The van der Waals surface area contributed by atoms with Crippen LogP contribution in [0.4, 0.5) is 18.0 Å². The fourth-order valence-electron chi connectivity index (χ4n) is 4.17. The van der Waals surface area contributed by atoms with E-state index in [1.54, 1.807) is 18.2 Å². The number of alkyl halides is 3. The molecule has 5 rings (SSSR count). The largest absolute Gasteiger partial charge is 0.573 e. The van der Waals surface area contributed by atoms with E-state index in [0.29, 0.717) is 5.56 Å². The predicted octanol–water partition coefficient (Wildman–Crippen LogP) is 2.14. The van der Waals surface area contributed by atoms with Crippen molar-refractivity contribution in [1.29, 1.82) is 0 Å². The van der Waals surface area contributed by atoms with Crippen LogP contribution in [0.3, 0.4) is 0 Å². The molecule has 0 aliphatic heterocycles. The number of nitrogens with zero attached hydrogens (tertiary/aromatic N) is 3. The van der Waals surface area contributed by atoms with Gasteiger partial charge in [0.25, 0.3) is 31.9 Å². The van der Waals surface area contributed by atoms with Gasteiger partial charge in [0.05, 0.1) is 24.7 Å². The van der Waals surface area contributed by atoms with Crippen molar-refractivity contribution in [3.05, 3.63) is 94.4 Å². The number of ether oxygens (including phenoxy) is 3. The zero-order valence-electron chi connectivity index (χ0n) is 27.2. The van der Waals surface area contributed by atoms with E-state index in [9.17, 15) is 49.2 Å². The zero-order valence-corrected chi connectivity index (χ0v) is 28.8. The molecule has 0 spiro atoms. The van der Waals surface area contributed by atoms with Gasteiger partial charge in [0, 0.05) is 18.7 Å². The molecule has 3 aromatic carbocycles. The van der Waals surface area contributed by atoms with Gasteiger partial charge in [0.2, 0.25) is 0 Å². The summed E-state index contributed by atoms with van der Waals surface area (Å²) in [6, 6.07) is 13.9. The molecule has 4 aromatic rings. The van der Waals surface area contributed by atoms with Crippen molar-refractivity contribution >= 4 is 37.9 Å². The van der Waals surface area contributed by atoms with Gasteiger partial charge in [-0.15, -0.1) is 23.0 Å². The highest BCUT2D eigenvalue weighted by Gasteiger charge is 2.35. The Balaban J connectivity index is 0.000000233. The molecule has 0 bridgehead atoms. The third kappa shape index (κ3) is 9.66. The topological polar surface area (TPSA) is 223 Å². The molecule has 0 saturated heterocycles. The van der Waals surface area contributed by atoms with Gasteiger partial charge < -0.3 is 19.5 Å². The summed E-state index contributed by atoms with van der Waals surface area (Å²) < 4.78 is 104. The summed E-state index contributed by atoms with van der Waals surface area (Å²) in [4.78, 5) is 47.0. The Labute approximate surface area is 293 Å². The smallest absolute Gasteiger partial charge is 0.496 e. The molecule has 0 radical (unpaired) electrons. The monoisotopic (exact) mass is 770 g/mol. The van der Waals surface area contributed by atoms with Gasteiger partial charge in [-0.3, -0.25) is 9.59 Å². The number of methoxy groups -OCH3 is 2. The van der Waals surface area contributed by atoms with E-state index in [4.69, 9.17) is 9.47 Å². The second-order valence-electron chi connectivity index (χ2n) is 10.6. The van der Waals surface area contributed by atoms with Crippen molar-refractivity contribution < 1.29 is 58.6 Å². The number of hydrogen-bond acceptors (Lipinski definition) is 12. The van der Waals surface area contributed by atoms with Crippen LogP contribution in [0.25, 0.3) is 0 Å². The molecule has 1 saturated carbocycles. The fraction of sp³-hybridized carbons (Fsp3) is 0.233. The van der Waals surface area contributed by atoms with Crippen LogP contribution >= 0.6 is 0 Å². The summed E-state index contributed by atoms with van der Waals surface area (Å²) >= 11 is 0. The Kier molecular flexibility index (Phi) is 11.6. The lowest BCUT2D eigenvalue weighted by Crippen LogP contribution is -2.40. The Hall–Kier alpha value is -5.90. The lowest BCUT2D eigenvalue weighted by atomic mass is 10.2. The van der Waals surface area contributed by atoms with Crippen LogP contribution in [0, 0.1) is 0 Å². The second kappa shape index (κ2) is 15.6. The lowest BCUT2D eigenvalue weighted by Gasteiger charge is -2.13. The number of benzene rings is 3. The van der Waals surface area contributed by atoms with Crippen LogP contribution in [0.2, 0.25) is 0 Å². The Bertz CT molecular complexity index is 2250. The number of carbonyl (C=O) groups is 3. The second-order valence-corrected chi connectivity index (χ2v) is 13.9. The van der Waals surface area contributed by atoms with Crippen LogP contribution in [-0.2, 0) is 27.1 Å². The number of aromatic nitrogens is 3. The highest BCUT2D eigenvalue weighted by Crippen LogP contribution is 2.29. The quantitative estimate of drug-likeness (QED) is 0.211. The molecule has 3 N–H and O–H groups in total. The summed E-state index contributed by atoms with van der Waals surface area (Å²) in [6.07, 6.45) is -3.22. The molecule has 52 heavy (non-hydrogen) atoms. The third-order valence-electron chi connectivity index (χ3n) is 6.82. The third-order valence-corrected chi connectivity index (χ3v) is 9.53. The minimum Gasteiger partial charge on any atom is -0.496 e. The van der Waals surface area contributed by atoms with Crippen LogP contribution in [0.15, 0.2) is 87.4 Å². The molecule has 1 heterocycles. The first-order valence-corrected chi connectivity index (χ1v) is 17.6. The van der Waals surface area contributed by atoms with Gasteiger partial charge >= 0.3 is 24.1 Å². The summed E-state index contributed by atoms with van der Waals surface area (Å²) in [5.41, 5.74) is -0.555. The molecule has 1 aliphatic rings. The van der Waals surface area contributed by atoms with E-state index < -0.39 is 54.7 Å². The summed E-state index contributed by atoms with van der Waals surface area (Å²) in [7, 11) is -5.12. The van der Waals surface area contributed by atoms with Gasteiger partial charge in [0.1, 0.15) is 16.4 Å². The molecular weight excluding hydrogens is 741 g/mol. The number of amides is 3. The number of nitrogens with one attached hydrogen (secondary N) is 3. The highest BCUT2D eigenvalue weighted by molar-refractivity contribution is 7.90. The summed E-state index contributed by atoms with van der Waals surface area (Å²) in [5, 5.41) is 6.27. The Morgan fingerprint density at radius 3 is 1.96 bits per heavy atom. The predicted molar refractivity (Wildman–Crippen MR) is 173 cm³/mol. The Morgan fingerprint density at radius 1 is 0.808 bits per heavy atom. The van der Waals surface area contributed by atoms with Gasteiger partial charge in [-0.25, -0.2) is 40.4 Å². The SMILES string of the molecule is COc1ccccc1C(=O)NS(=O)(=O)c1ccc(C(=O)NC2CC2)cc1.COc1nn(C(=O)NS(=O)(=O)c2ccccc2OC(F)(F)F)c(=O)n1C. The average molecular weight is 771 g/mol. The molecule has 22 heteroatoms. The van der Waals surface area contributed by atoms with Crippen molar-refractivity contribution in [3.63, 3.8) is 0 Å². The van der Waals surface area contributed by atoms with Gasteiger partial charge in [-0.05, 0) is 61.4 Å². The van der Waals surface area contributed by atoms with E-state index in [1.165, 1.54) is 49.2 Å². The van der Waals surface area contributed by atoms with Crippen molar-refractivity contribution in [2.45, 2.75) is 35.0 Å². The maximum atomic E-state index is 12.4. The Morgan fingerprint density at radius 2 is 1.40 bits per heavy atom. The number of para-hydroxylation sites is 2. The van der Waals surface area contributed by atoms with Crippen LogP contribution in [-0.4, -0.2) is 75.7 Å². The average Bonchev–Trinajstić information content (AvgIpc) is 3.86. The first-order valence-electron chi connectivity index (χ1n) is 14.6. The fourth-order valence-corrected chi connectivity index (χ4v) is 6.20. The summed E-state index contributed by atoms with van der Waals surface area (Å²) in [5.74, 6) is -1.81. The van der Waals surface area contributed by atoms with Crippen molar-refractivity contribution in [3.8, 4) is 17.5 Å². The van der Waals surface area contributed by atoms with Crippen molar-refractivity contribution in [1.82, 2.24) is 29.1 Å². The standard InChI is InChI=1S/C18H18N2O5S.C12H11F3N4O6S/c1-25-16-5-3-2-4-15(16)18(22)20-26(23,24)14-10-6-12(7-11-14)17(21)19-13-8-9-13;1-18-10(24-2)16-19(11(18)21)9(20)17-26(22,23)8-6-4-3-5-7(8)25-12(13,14)15/h2-7,10-11,13H,8-9H2,1H3,(H,19,21)(H,20,22);3-6H,1-2H3,(H,17,20). The number of carbonyl (C=O) groups excluding carboxylic acids is 3. The van der Waals surface area contributed by atoms with Crippen molar-refractivity contribution in [2.75, 3.05) is 14.2 Å². The van der Waals surface area contributed by atoms with E-state index in [-0.39, 0.29) is 38.8 Å². The van der Waals surface area contributed by atoms with Gasteiger partial charge in [-0.1, -0.05) is 24.3 Å². The highest BCUT2D eigenvalue weighted by atomic mass is 32.2. The van der Waals surface area contributed by atoms with E-state index in [2.05, 4.69) is 15.2 Å². The number of rotatable bonds is 10. The molecule has 1 aliphatic carbocycles. The molecule has 17 nitrogen and oxygen atoms in total. The minimum absolute atomic E-state index is 0.108. The zero-order chi connectivity index (χ0) is 38.4. The number of halogens is 3. The molecule has 0 unspecified atom stereocenters. The van der Waals surface area contributed by atoms with Crippen molar-refractivity contribution in [2.24, 2.45) is 7.05 Å². The number of sulfonamides is 2. The molecule has 1 aromatic heterocycles. The van der Waals surface area contributed by atoms with E-state index in [0.717, 1.165) is 48.8 Å². The first-order chi connectivity index (χ1) is 24.4. The molecular formula is C30H29F3N6O11S2. The minimum atomic E-state index is -5.15. The lowest BCUT2D eigenvalue weighted by molar-refractivity contribution is -0.275. The molecule has 3 amide bonds. The normalized spacial score (nSPS) is 12.8. The van der Waals surface area contributed by atoms with Crippen LogP contribution in [0.5, 0.6) is 17.5 Å². The van der Waals surface area contributed by atoms with E-state index >= 15 is 0 Å². The molecule has 1 fully saturated rings. The summed E-state index contributed by atoms with van der Waals surface area (Å²) in [6.45, 7) is 0. The molecule has 0 atom stereocenters. The van der Waals surface area contributed by atoms with E-state index in [1.807, 2.05) is 4.72 Å². The number of hydrogen-bond donors (Lipinski definition) is 3.